The number of hydrogen-bond donors (Lipinski definition) is 3. The molecule has 4 rings (SSSR count). The van der Waals surface area contributed by atoms with Crippen molar-refractivity contribution < 1.29 is 9.53 Å². The Morgan fingerprint density at radius 1 is 1.32 bits per heavy atom. The molecule has 0 bridgehead atoms. The number of anilines is 2. The van der Waals surface area contributed by atoms with Crippen LogP contribution in [-0.2, 0) is 4.74 Å². The van der Waals surface area contributed by atoms with Gasteiger partial charge in [-0.05, 0) is 46.6 Å². The van der Waals surface area contributed by atoms with Crippen LogP contribution in [0.2, 0.25) is 5.02 Å². The van der Waals surface area contributed by atoms with E-state index in [-0.39, 0.29) is 5.69 Å². The number of carbonyl (C=O) groups excluding carboxylic acids is 1. The summed E-state index contributed by atoms with van der Waals surface area (Å²) in [6.45, 7) is 8.70. The second-order valence-corrected chi connectivity index (χ2v) is 10.0. The number of halogens is 1. The van der Waals surface area contributed by atoms with E-state index in [1.165, 1.54) is 0 Å². The molecule has 0 atom stereocenters. The highest BCUT2D eigenvalue weighted by molar-refractivity contribution is 6.36. The number of nitrogen functional groups attached to an aromatic ring is 1. The van der Waals surface area contributed by atoms with Gasteiger partial charge in [0.25, 0.3) is 0 Å². The van der Waals surface area contributed by atoms with Crippen LogP contribution in [0.1, 0.15) is 46.2 Å². The number of H-pyrrole nitrogens is 1. The molecule has 3 heterocycles. The number of rotatable bonds is 3. The van der Waals surface area contributed by atoms with E-state index in [9.17, 15) is 10.1 Å². The normalized spacial score (nSPS) is 15.7. The number of ether oxygens (including phenoxy) is 1. The zero-order valence-corrected chi connectivity index (χ0v) is 20.3. The fourth-order valence-corrected chi connectivity index (χ4v) is 4.16. The number of piperidine rings is 1. The van der Waals surface area contributed by atoms with Gasteiger partial charge in [0.2, 0.25) is 5.95 Å². The summed E-state index contributed by atoms with van der Waals surface area (Å²) in [5, 5.41) is 20.9. The molecule has 1 saturated heterocycles. The van der Waals surface area contributed by atoms with Crippen LogP contribution in [0.15, 0.2) is 18.2 Å². The molecule has 178 valence electrons. The minimum absolute atomic E-state index is 0.197. The number of aromatic nitrogens is 4. The Morgan fingerprint density at radius 2 is 2.03 bits per heavy atom. The molecule has 34 heavy (non-hydrogen) atoms. The van der Waals surface area contributed by atoms with Crippen molar-refractivity contribution in [3.05, 3.63) is 28.9 Å². The molecule has 1 aliphatic heterocycles. The number of fused-ring (bicyclic) bond motifs is 1. The smallest absolute Gasteiger partial charge is 0.408 e. The molecule has 11 heteroatoms. The average molecular weight is 483 g/mol. The lowest BCUT2D eigenvalue weighted by atomic mass is 9.90. The Bertz CT molecular complexity index is 1280. The van der Waals surface area contributed by atoms with Gasteiger partial charge < -0.3 is 20.7 Å². The molecule has 2 aromatic heterocycles. The molecule has 0 radical (unpaired) electrons. The van der Waals surface area contributed by atoms with Gasteiger partial charge in [-0.25, -0.2) is 9.78 Å². The van der Waals surface area contributed by atoms with Gasteiger partial charge in [0.15, 0.2) is 11.3 Å². The highest BCUT2D eigenvalue weighted by Gasteiger charge is 2.34. The number of aromatic amines is 1. The second kappa shape index (κ2) is 8.65. The van der Waals surface area contributed by atoms with E-state index in [0.29, 0.717) is 64.9 Å². The number of carbonyl (C=O) groups is 1. The predicted molar refractivity (Wildman–Crippen MR) is 130 cm³/mol. The number of nitrogens with one attached hydrogen (secondary N) is 2. The van der Waals surface area contributed by atoms with Crippen molar-refractivity contribution in [1.29, 1.82) is 5.26 Å². The lowest BCUT2D eigenvalue weighted by Crippen LogP contribution is -2.54. The first-order valence-electron chi connectivity index (χ1n) is 11.0. The molecular formula is C23H27ClN8O2. The summed E-state index contributed by atoms with van der Waals surface area (Å²) in [5.74, 6) is 0.428. The third-order valence-corrected chi connectivity index (χ3v) is 6.17. The van der Waals surface area contributed by atoms with E-state index in [2.05, 4.69) is 31.6 Å². The van der Waals surface area contributed by atoms with Gasteiger partial charge in [0, 0.05) is 24.2 Å². The lowest BCUT2D eigenvalue weighted by molar-refractivity contribution is 0.0448. The van der Waals surface area contributed by atoms with Crippen molar-refractivity contribution >= 4 is 40.4 Å². The summed E-state index contributed by atoms with van der Waals surface area (Å²) in [7, 11) is 0. The third-order valence-electron chi connectivity index (χ3n) is 5.75. The highest BCUT2D eigenvalue weighted by Crippen LogP contribution is 2.36. The summed E-state index contributed by atoms with van der Waals surface area (Å²) in [6, 6.07) is 7.41. The second-order valence-electron chi connectivity index (χ2n) is 9.66. The van der Waals surface area contributed by atoms with Gasteiger partial charge in [0.05, 0.1) is 16.1 Å². The van der Waals surface area contributed by atoms with Crippen molar-refractivity contribution in [2.45, 2.75) is 51.7 Å². The Morgan fingerprint density at radius 3 is 2.68 bits per heavy atom. The van der Waals surface area contributed by atoms with Crippen LogP contribution >= 0.6 is 11.6 Å². The molecule has 0 unspecified atom stereocenters. The van der Waals surface area contributed by atoms with E-state index in [4.69, 9.17) is 22.1 Å². The number of nitriles is 1. The van der Waals surface area contributed by atoms with E-state index < -0.39 is 17.2 Å². The number of amides is 1. The summed E-state index contributed by atoms with van der Waals surface area (Å²) >= 11 is 6.38. The molecule has 1 amide bonds. The maximum atomic E-state index is 12.2. The quantitative estimate of drug-likeness (QED) is 0.474. The highest BCUT2D eigenvalue weighted by atomic mass is 35.5. The fourth-order valence-electron chi connectivity index (χ4n) is 3.94. The summed E-state index contributed by atoms with van der Waals surface area (Å²) in [6.07, 6.45) is 0.906. The number of hydrogen-bond acceptors (Lipinski definition) is 8. The number of alkyl carbamates (subject to hydrolysis) is 1. The predicted octanol–water partition coefficient (Wildman–Crippen LogP) is 4.01. The minimum Gasteiger partial charge on any atom is -0.444 e. The first-order valence-corrected chi connectivity index (χ1v) is 11.3. The minimum atomic E-state index is -0.559. The van der Waals surface area contributed by atoms with Crippen molar-refractivity contribution in [2.75, 3.05) is 23.7 Å². The molecule has 1 fully saturated rings. The third kappa shape index (κ3) is 4.70. The van der Waals surface area contributed by atoms with Crippen molar-refractivity contribution in [2.24, 2.45) is 0 Å². The van der Waals surface area contributed by atoms with Gasteiger partial charge in [-0.1, -0.05) is 23.7 Å². The van der Waals surface area contributed by atoms with Crippen molar-refractivity contribution in [3.8, 4) is 17.3 Å². The van der Waals surface area contributed by atoms with Gasteiger partial charge in [-0.3, -0.25) is 5.10 Å². The fraction of sp³-hybridized carbons (Fsp3) is 0.435. The Hall–Kier alpha value is -3.58. The number of nitrogens with zero attached hydrogens (tertiary/aromatic N) is 5. The standard InChI is InChI=1S/C23H27ClN8O2/c1-22(2,3)34-21(33)29-23(4)8-10-32(11-9-23)20-27-15(12-25)16-18(30-31-19(16)28-20)13-6-5-7-14(26)17(13)24/h5-7H,8-11,26H2,1-4H3,(H,29,33)(H,27,28,30,31). The SMILES string of the molecule is CC1(NC(=O)OC(C)(C)C)CCN(c2nc(C#N)c3c(-c4cccc(N)c4Cl)n[nH]c3n2)CC1. The van der Waals surface area contributed by atoms with E-state index in [1.807, 2.05) is 32.6 Å². The average Bonchev–Trinajstić information content (AvgIpc) is 3.17. The summed E-state index contributed by atoms with van der Waals surface area (Å²) in [4.78, 5) is 23.4. The summed E-state index contributed by atoms with van der Waals surface area (Å²) < 4.78 is 5.40. The van der Waals surface area contributed by atoms with Crippen LogP contribution in [0.4, 0.5) is 16.4 Å². The van der Waals surface area contributed by atoms with Gasteiger partial charge >= 0.3 is 6.09 Å². The van der Waals surface area contributed by atoms with Gasteiger partial charge in [-0.15, -0.1) is 0 Å². The largest absolute Gasteiger partial charge is 0.444 e. The number of benzene rings is 1. The zero-order valence-electron chi connectivity index (χ0n) is 19.6. The van der Waals surface area contributed by atoms with Gasteiger partial charge in [-0.2, -0.15) is 15.3 Å². The number of nitrogens with two attached hydrogens (primary N) is 1. The van der Waals surface area contributed by atoms with Crippen LogP contribution in [0.25, 0.3) is 22.3 Å². The molecule has 1 aliphatic rings. The van der Waals surface area contributed by atoms with E-state index in [1.54, 1.807) is 18.2 Å². The molecule has 0 spiro atoms. The van der Waals surface area contributed by atoms with Crippen molar-refractivity contribution in [3.63, 3.8) is 0 Å². The van der Waals surface area contributed by atoms with Crippen LogP contribution in [0.5, 0.6) is 0 Å². The lowest BCUT2D eigenvalue weighted by Gasteiger charge is -2.40. The first-order chi connectivity index (χ1) is 16.0. The maximum Gasteiger partial charge on any atom is 0.408 e. The summed E-state index contributed by atoms with van der Waals surface area (Å²) in [5.41, 5.74) is 7.10. The molecule has 10 nitrogen and oxygen atoms in total. The Balaban J connectivity index is 1.57. The van der Waals surface area contributed by atoms with Crippen molar-refractivity contribution in [1.82, 2.24) is 25.5 Å². The molecule has 0 saturated carbocycles. The van der Waals surface area contributed by atoms with E-state index >= 15 is 0 Å². The van der Waals surface area contributed by atoms with Crippen LogP contribution in [-0.4, -0.2) is 50.5 Å². The maximum absolute atomic E-state index is 12.2. The monoisotopic (exact) mass is 482 g/mol. The zero-order chi connectivity index (χ0) is 24.7. The Labute approximate surface area is 202 Å². The molecule has 4 N–H and O–H groups in total. The Kier molecular flexibility index (Phi) is 6.00. The van der Waals surface area contributed by atoms with Gasteiger partial charge in [0.1, 0.15) is 17.4 Å². The van der Waals surface area contributed by atoms with Crippen LogP contribution in [0, 0.1) is 11.3 Å². The van der Waals surface area contributed by atoms with Crippen LogP contribution < -0.4 is 16.0 Å². The van der Waals surface area contributed by atoms with Crippen LogP contribution in [0.3, 0.4) is 0 Å². The molecule has 0 aliphatic carbocycles. The topological polar surface area (TPSA) is 146 Å². The molecule has 3 aromatic rings. The molecular weight excluding hydrogens is 456 g/mol. The first kappa shape index (κ1) is 23.6. The van der Waals surface area contributed by atoms with E-state index in [0.717, 1.165) is 0 Å². The molecule has 1 aromatic carbocycles.